The summed E-state index contributed by atoms with van der Waals surface area (Å²) in [6.45, 7) is 11.3. The fourth-order valence-electron chi connectivity index (χ4n) is 2.50. The van der Waals surface area contributed by atoms with E-state index in [4.69, 9.17) is 4.74 Å². The Balaban J connectivity index is 1.98. The summed E-state index contributed by atoms with van der Waals surface area (Å²) in [5.41, 5.74) is 2.46. The van der Waals surface area contributed by atoms with Gasteiger partial charge in [0.2, 0.25) is 0 Å². The molecular formula is C17H27BrN2O. The molecule has 2 rings (SSSR count). The molecule has 0 heterocycles. The van der Waals surface area contributed by atoms with Gasteiger partial charge in [0.25, 0.3) is 0 Å². The molecular weight excluding hydrogens is 328 g/mol. The lowest BCUT2D eigenvalue weighted by atomic mass is 10.1. The zero-order chi connectivity index (χ0) is 15.2. The second-order valence-corrected chi connectivity index (χ2v) is 6.66. The van der Waals surface area contributed by atoms with Crippen LogP contribution < -0.4 is 10.1 Å². The molecule has 3 nitrogen and oxygen atoms in total. The predicted molar refractivity (Wildman–Crippen MR) is 92.0 cm³/mol. The highest BCUT2D eigenvalue weighted by Gasteiger charge is 2.21. The van der Waals surface area contributed by atoms with E-state index in [2.05, 4.69) is 59.1 Å². The molecule has 1 N–H and O–H groups in total. The van der Waals surface area contributed by atoms with E-state index in [9.17, 15) is 0 Å². The van der Waals surface area contributed by atoms with Crippen LogP contribution in [0.3, 0.4) is 0 Å². The van der Waals surface area contributed by atoms with Crippen molar-refractivity contribution in [3.05, 3.63) is 27.7 Å². The number of hydrogen-bond donors (Lipinski definition) is 1. The van der Waals surface area contributed by atoms with Crippen LogP contribution in [0.2, 0.25) is 0 Å². The Bertz CT molecular complexity index is 456. The summed E-state index contributed by atoms with van der Waals surface area (Å²) in [6.07, 6.45) is 2.62. The third kappa shape index (κ3) is 5.28. The normalized spacial score (nSPS) is 14.7. The number of nitrogens with zero attached hydrogens (tertiary/aromatic N) is 1. The van der Waals surface area contributed by atoms with Crippen molar-refractivity contribution in [2.75, 3.05) is 26.2 Å². The molecule has 0 spiro atoms. The Morgan fingerprint density at radius 2 is 2.00 bits per heavy atom. The zero-order valence-corrected chi connectivity index (χ0v) is 15.0. The summed E-state index contributed by atoms with van der Waals surface area (Å²) in [5.74, 6) is 1.05. The molecule has 0 bridgehead atoms. The third-order valence-corrected chi connectivity index (χ3v) is 4.48. The van der Waals surface area contributed by atoms with Crippen molar-refractivity contribution >= 4 is 15.9 Å². The molecule has 4 heteroatoms. The standard InChI is InChI=1S/C17H27BrN2O/c1-4-20(5-2)8-9-21-17-13(3)10-15(18)11-14(17)12-19-16-6-7-16/h10-11,16,19H,4-9,12H2,1-3H3. The van der Waals surface area contributed by atoms with Gasteiger partial charge in [0.15, 0.2) is 0 Å². The van der Waals surface area contributed by atoms with Crippen molar-refractivity contribution in [1.29, 1.82) is 0 Å². The maximum atomic E-state index is 6.11. The summed E-state index contributed by atoms with van der Waals surface area (Å²) >= 11 is 3.59. The number of nitrogens with one attached hydrogen (secondary N) is 1. The SMILES string of the molecule is CCN(CC)CCOc1c(C)cc(Br)cc1CNC1CC1. The maximum Gasteiger partial charge on any atom is 0.126 e. The lowest BCUT2D eigenvalue weighted by molar-refractivity contribution is 0.220. The number of aryl methyl sites for hydroxylation is 1. The number of benzene rings is 1. The van der Waals surface area contributed by atoms with Crippen molar-refractivity contribution in [2.45, 2.75) is 46.2 Å². The number of hydrogen-bond acceptors (Lipinski definition) is 3. The van der Waals surface area contributed by atoms with Crippen LogP contribution >= 0.6 is 15.9 Å². The first-order chi connectivity index (χ1) is 10.1. The highest BCUT2D eigenvalue weighted by molar-refractivity contribution is 9.10. The second-order valence-electron chi connectivity index (χ2n) is 5.74. The van der Waals surface area contributed by atoms with E-state index in [1.54, 1.807) is 0 Å². The van der Waals surface area contributed by atoms with Gasteiger partial charge in [-0.2, -0.15) is 0 Å². The Labute approximate surface area is 137 Å². The second kappa shape index (κ2) is 8.16. The Hall–Kier alpha value is -0.580. The fraction of sp³-hybridized carbons (Fsp3) is 0.647. The van der Waals surface area contributed by atoms with Gasteiger partial charge in [-0.05, 0) is 50.6 Å². The van der Waals surface area contributed by atoms with E-state index in [0.717, 1.165) is 43.0 Å². The molecule has 0 saturated heterocycles. The van der Waals surface area contributed by atoms with Crippen molar-refractivity contribution in [3.63, 3.8) is 0 Å². The molecule has 1 aromatic carbocycles. The summed E-state index contributed by atoms with van der Waals surface area (Å²) in [6, 6.07) is 5.02. The van der Waals surface area contributed by atoms with Gasteiger partial charge in [-0.15, -0.1) is 0 Å². The van der Waals surface area contributed by atoms with Crippen molar-refractivity contribution in [2.24, 2.45) is 0 Å². The quantitative estimate of drug-likeness (QED) is 0.731. The molecule has 0 unspecified atom stereocenters. The van der Waals surface area contributed by atoms with Gasteiger partial charge >= 0.3 is 0 Å². The topological polar surface area (TPSA) is 24.5 Å². The average Bonchev–Trinajstić information content (AvgIpc) is 3.27. The Kier molecular flexibility index (Phi) is 6.52. The van der Waals surface area contributed by atoms with Gasteiger partial charge in [-0.1, -0.05) is 29.8 Å². The van der Waals surface area contributed by atoms with Crippen molar-refractivity contribution < 1.29 is 4.74 Å². The fourth-order valence-corrected chi connectivity index (χ4v) is 3.12. The van der Waals surface area contributed by atoms with Crippen LogP contribution in [0.4, 0.5) is 0 Å². The van der Waals surface area contributed by atoms with Gasteiger partial charge in [0.05, 0.1) is 0 Å². The molecule has 1 aliphatic rings. The molecule has 118 valence electrons. The number of rotatable bonds is 9. The van der Waals surface area contributed by atoms with Crippen LogP contribution in [0.5, 0.6) is 5.75 Å². The highest BCUT2D eigenvalue weighted by Crippen LogP contribution is 2.29. The van der Waals surface area contributed by atoms with Gasteiger partial charge in [-0.3, -0.25) is 0 Å². The lowest BCUT2D eigenvalue weighted by Gasteiger charge is -2.20. The Morgan fingerprint density at radius 3 is 2.62 bits per heavy atom. The Morgan fingerprint density at radius 1 is 1.29 bits per heavy atom. The first-order valence-electron chi connectivity index (χ1n) is 8.01. The minimum absolute atomic E-state index is 0.716. The predicted octanol–water partition coefficient (Wildman–Crippen LogP) is 3.73. The number of halogens is 1. The van der Waals surface area contributed by atoms with Gasteiger partial charge in [0, 0.05) is 29.2 Å². The van der Waals surface area contributed by atoms with E-state index in [0.29, 0.717) is 6.04 Å². The van der Waals surface area contributed by atoms with E-state index < -0.39 is 0 Å². The smallest absolute Gasteiger partial charge is 0.126 e. The van der Waals surface area contributed by atoms with E-state index >= 15 is 0 Å². The lowest BCUT2D eigenvalue weighted by Crippen LogP contribution is -2.28. The number of ether oxygens (including phenoxy) is 1. The molecule has 0 aromatic heterocycles. The van der Waals surface area contributed by atoms with Gasteiger partial charge < -0.3 is 15.0 Å². The first-order valence-corrected chi connectivity index (χ1v) is 8.80. The zero-order valence-electron chi connectivity index (χ0n) is 13.4. The minimum Gasteiger partial charge on any atom is -0.492 e. The molecule has 1 fully saturated rings. The maximum absolute atomic E-state index is 6.11. The van der Waals surface area contributed by atoms with E-state index in [-0.39, 0.29) is 0 Å². The van der Waals surface area contributed by atoms with E-state index in [1.807, 2.05) is 0 Å². The molecule has 0 atom stereocenters. The van der Waals surface area contributed by atoms with Crippen LogP contribution in [-0.4, -0.2) is 37.2 Å². The molecule has 0 radical (unpaired) electrons. The first kappa shape index (κ1) is 16.8. The average molecular weight is 355 g/mol. The van der Waals surface area contributed by atoms with Gasteiger partial charge in [0.1, 0.15) is 12.4 Å². The van der Waals surface area contributed by atoms with E-state index in [1.165, 1.54) is 24.0 Å². The van der Waals surface area contributed by atoms with Gasteiger partial charge in [-0.25, -0.2) is 0 Å². The molecule has 1 aromatic rings. The largest absolute Gasteiger partial charge is 0.492 e. The summed E-state index contributed by atoms with van der Waals surface area (Å²) in [7, 11) is 0. The summed E-state index contributed by atoms with van der Waals surface area (Å²) < 4.78 is 7.24. The summed E-state index contributed by atoms with van der Waals surface area (Å²) in [4.78, 5) is 2.39. The van der Waals surface area contributed by atoms with Crippen molar-refractivity contribution in [1.82, 2.24) is 10.2 Å². The van der Waals surface area contributed by atoms with Crippen LogP contribution in [0.1, 0.15) is 37.8 Å². The van der Waals surface area contributed by atoms with Crippen LogP contribution in [0.15, 0.2) is 16.6 Å². The molecule has 0 amide bonds. The molecule has 0 aliphatic heterocycles. The summed E-state index contributed by atoms with van der Waals surface area (Å²) in [5, 5.41) is 3.58. The monoisotopic (exact) mass is 354 g/mol. The van der Waals surface area contributed by atoms with Crippen LogP contribution in [-0.2, 0) is 6.54 Å². The minimum atomic E-state index is 0.716. The molecule has 21 heavy (non-hydrogen) atoms. The molecule has 1 aliphatic carbocycles. The third-order valence-electron chi connectivity index (χ3n) is 4.02. The van der Waals surface area contributed by atoms with Crippen LogP contribution in [0, 0.1) is 6.92 Å². The highest BCUT2D eigenvalue weighted by atomic mass is 79.9. The van der Waals surface area contributed by atoms with Crippen LogP contribution in [0.25, 0.3) is 0 Å². The van der Waals surface area contributed by atoms with Crippen molar-refractivity contribution in [3.8, 4) is 5.75 Å². The molecule has 1 saturated carbocycles. The number of likely N-dealkylation sites (N-methyl/N-ethyl adjacent to an activating group) is 1.